The molecule has 2 N–H and O–H groups in total. The van der Waals surface area contributed by atoms with Crippen molar-refractivity contribution in [1.82, 2.24) is 4.90 Å². The Morgan fingerprint density at radius 2 is 1.67 bits per heavy atom. The molecule has 0 unspecified atom stereocenters. The second-order valence-corrected chi connectivity index (χ2v) is 11.8. The number of carbonyl (C=O) groups excluding carboxylic acids is 3. The van der Waals surface area contributed by atoms with Gasteiger partial charge in [0.05, 0.1) is 16.4 Å². The molecule has 0 aromatic heterocycles. The van der Waals surface area contributed by atoms with Crippen LogP contribution in [0.4, 0.5) is 4.79 Å². The minimum Gasteiger partial charge on any atom is -0.447 e. The van der Waals surface area contributed by atoms with Crippen molar-refractivity contribution in [1.29, 1.82) is 0 Å². The van der Waals surface area contributed by atoms with E-state index in [0.717, 1.165) is 55.4 Å². The van der Waals surface area contributed by atoms with Crippen molar-refractivity contribution in [3.8, 4) is 0 Å². The fourth-order valence-electron chi connectivity index (χ4n) is 5.19. The van der Waals surface area contributed by atoms with Crippen molar-refractivity contribution in [2.24, 2.45) is 11.8 Å². The molecule has 0 saturated carbocycles. The Hall–Kier alpha value is -2.07. The number of benzene rings is 1. The van der Waals surface area contributed by atoms with Gasteiger partial charge in [0.15, 0.2) is 11.6 Å². The van der Waals surface area contributed by atoms with Gasteiger partial charge in [-0.2, -0.15) is 0 Å². The number of carbonyl (C=O) groups is 3. The first-order chi connectivity index (χ1) is 18.7. The molecule has 0 spiro atoms. The Balaban J connectivity index is 1.73. The van der Waals surface area contributed by atoms with E-state index >= 15 is 0 Å². The maximum Gasteiger partial charge on any atom is 0.416 e. The van der Waals surface area contributed by atoms with Crippen LogP contribution in [0.15, 0.2) is 40.9 Å². The molecule has 216 valence electrons. The number of aliphatic hydroxyl groups excluding tert-OH is 1. The Morgan fingerprint density at radius 1 is 1.05 bits per heavy atom. The van der Waals surface area contributed by atoms with Gasteiger partial charge in [-0.25, -0.2) is 9.69 Å². The predicted octanol–water partition coefficient (Wildman–Crippen LogP) is 5.29. The first-order valence-electron chi connectivity index (χ1n) is 14.1. The summed E-state index contributed by atoms with van der Waals surface area (Å²) in [6.45, 7) is 4.17. The first kappa shape index (κ1) is 31.5. The lowest BCUT2D eigenvalue weighted by Crippen LogP contribution is -2.54. The lowest BCUT2D eigenvalue weighted by atomic mass is 9.87. The summed E-state index contributed by atoms with van der Waals surface area (Å²) in [5.41, 5.74) is 0.817. The van der Waals surface area contributed by atoms with Gasteiger partial charge >= 0.3 is 6.09 Å². The summed E-state index contributed by atoms with van der Waals surface area (Å²) in [5.74, 6) is -3.75. The average Bonchev–Trinajstić information content (AvgIpc) is 3.30. The second kappa shape index (κ2) is 15.1. The minimum absolute atomic E-state index is 0.0265. The van der Waals surface area contributed by atoms with E-state index in [9.17, 15) is 19.5 Å². The number of halogens is 1. The van der Waals surface area contributed by atoms with Crippen LogP contribution in [0.25, 0.3) is 0 Å². The maximum absolute atomic E-state index is 13.9. The predicted molar refractivity (Wildman–Crippen MR) is 151 cm³/mol. The molecule has 1 saturated heterocycles. The quantitative estimate of drug-likeness (QED) is 0.260. The summed E-state index contributed by atoms with van der Waals surface area (Å²) in [4.78, 5) is 40.9. The Kier molecular flexibility index (Phi) is 12.2. The molecule has 3 rings (SSSR count). The van der Waals surface area contributed by atoms with Gasteiger partial charge < -0.3 is 19.7 Å². The Morgan fingerprint density at radius 3 is 2.28 bits per heavy atom. The molecule has 0 aliphatic carbocycles. The second-order valence-electron chi connectivity index (χ2n) is 10.9. The average molecular weight is 609 g/mol. The van der Waals surface area contributed by atoms with Gasteiger partial charge in [0.25, 0.3) is 0 Å². The van der Waals surface area contributed by atoms with Crippen molar-refractivity contribution >= 4 is 33.7 Å². The monoisotopic (exact) mass is 607 g/mol. The summed E-state index contributed by atoms with van der Waals surface area (Å²) in [7, 11) is 0. The van der Waals surface area contributed by atoms with E-state index in [-0.39, 0.29) is 36.5 Å². The van der Waals surface area contributed by atoms with Gasteiger partial charge in [0, 0.05) is 13.0 Å². The minimum atomic E-state index is -1.74. The largest absolute Gasteiger partial charge is 0.447 e. The zero-order valence-electron chi connectivity index (χ0n) is 23.0. The van der Waals surface area contributed by atoms with E-state index in [1.165, 1.54) is 6.08 Å². The number of cyclic esters (lactones) is 1. The molecule has 0 bridgehead atoms. The van der Waals surface area contributed by atoms with Crippen LogP contribution < -0.4 is 0 Å². The number of hydrogen-bond acceptors (Lipinski definition) is 7. The highest BCUT2D eigenvalue weighted by molar-refractivity contribution is 9.11. The van der Waals surface area contributed by atoms with Crippen LogP contribution >= 0.6 is 15.9 Å². The molecule has 1 fully saturated rings. The fourth-order valence-corrected chi connectivity index (χ4v) is 5.71. The SMILES string of the molecule is CC(C)[C@@H]1COC(=O)N1C(=O)[C@H](Cc1ccccc1)[C@H]1O[C@@](O)(CCCCCCCCCCO)C(Br)=CC1=O. The lowest BCUT2D eigenvalue weighted by Gasteiger charge is -2.39. The molecule has 0 radical (unpaired) electrons. The fraction of sp³-hybridized carbons (Fsp3) is 0.633. The third kappa shape index (κ3) is 8.46. The van der Waals surface area contributed by atoms with Gasteiger partial charge in [-0.1, -0.05) is 82.7 Å². The number of ketones is 1. The molecule has 1 aromatic rings. The third-order valence-electron chi connectivity index (χ3n) is 7.56. The molecule has 4 atom stereocenters. The summed E-state index contributed by atoms with van der Waals surface area (Å²) in [6, 6.07) is 8.84. The van der Waals surface area contributed by atoms with Crippen LogP contribution in [0.3, 0.4) is 0 Å². The zero-order chi connectivity index (χ0) is 28.4. The van der Waals surface area contributed by atoms with Gasteiger partial charge in [-0.05, 0) is 52.7 Å². The van der Waals surface area contributed by atoms with Gasteiger partial charge in [0.2, 0.25) is 5.91 Å². The topological polar surface area (TPSA) is 113 Å². The standard InChI is InChI=1S/C30H42BrNO7/c1-21(2)24-20-38-29(36)32(24)28(35)23(18-22-14-10-9-11-15-22)27-25(34)19-26(31)30(37,39-27)16-12-7-5-3-4-6-8-13-17-33/h9-11,14-15,19,21,23-24,27,33,37H,3-8,12-13,16-18,20H2,1-2H3/t23-,24+,27-,30+/m1/s1. The van der Waals surface area contributed by atoms with Gasteiger partial charge in [-0.3, -0.25) is 9.59 Å². The van der Waals surface area contributed by atoms with Crippen molar-refractivity contribution in [2.75, 3.05) is 13.2 Å². The maximum atomic E-state index is 13.9. The van der Waals surface area contributed by atoms with Crippen molar-refractivity contribution < 1.29 is 34.1 Å². The summed E-state index contributed by atoms with van der Waals surface area (Å²) in [6.07, 6.45) is 7.54. The van der Waals surface area contributed by atoms with E-state index in [2.05, 4.69) is 15.9 Å². The molecule has 2 amide bonds. The van der Waals surface area contributed by atoms with Crippen LogP contribution in [0.1, 0.15) is 77.2 Å². The van der Waals surface area contributed by atoms with Gasteiger partial charge in [-0.15, -0.1) is 0 Å². The highest BCUT2D eigenvalue weighted by atomic mass is 79.9. The zero-order valence-corrected chi connectivity index (χ0v) is 24.6. The molecule has 2 aliphatic heterocycles. The Bertz CT molecular complexity index is 998. The number of aliphatic hydroxyl groups is 2. The number of ether oxygens (including phenoxy) is 2. The van der Waals surface area contributed by atoms with Gasteiger partial charge in [0.1, 0.15) is 12.7 Å². The Labute approximate surface area is 239 Å². The molecule has 1 aromatic carbocycles. The number of imide groups is 1. The molecular weight excluding hydrogens is 566 g/mol. The number of nitrogens with zero attached hydrogens (tertiary/aromatic N) is 1. The number of hydrogen-bond donors (Lipinski definition) is 2. The van der Waals surface area contributed by atoms with E-state index in [4.69, 9.17) is 14.6 Å². The molecule has 8 nitrogen and oxygen atoms in total. The van der Waals surface area contributed by atoms with Crippen LogP contribution in [-0.2, 0) is 25.5 Å². The van der Waals surface area contributed by atoms with E-state index in [1.807, 2.05) is 44.2 Å². The number of rotatable bonds is 15. The van der Waals surface area contributed by atoms with Crippen LogP contribution in [0, 0.1) is 11.8 Å². The van der Waals surface area contributed by atoms with E-state index in [0.29, 0.717) is 6.42 Å². The normalized spacial score (nSPS) is 24.2. The molecule has 9 heteroatoms. The van der Waals surface area contributed by atoms with Crippen molar-refractivity contribution in [3.05, 3.63) is 46.5 Å². The van der Waals surface area contributed by atoms with E-state index in [1.54, 1.807) is 0 Å². The van der Waals surface area contributed by atoms with E-state index < -0.39 is 41.6 Å². The third-order valence-corrected chi connectivity index (χ3v) is 8.41. The lowest BCUT2D eigenvalue weighted by molar-refractivity contribution is -0.218. The molecule has 2 aliphatic rings. The molecule has 2 heterocycles. The first-order valence-corrected chi connectivity index (χ1v) is 14.9. The molecular formula is C30H42BrNO7. The van der Waals surface area contributed by atoms with Crippen LogP contribution in [0.2, 0.25) is 0 Å². The van der Waals surface area contributed by atoms with Crippen molar-refractivity contribution in [3.63, 3.8) is 0 Å². The van der Waals surface area contributed by atoms with Crippen LogP contribution in [0.5, 0.6) is 0 Å². The highest BCUT2D eigenvalue weighted by Crippen LogP contribution is 2.38. The van der Waals surface area contributed by atoms with Crippen LogP contribution in [-0.4, -0.2) is 64.0 Å². The van der Waals surface area contributed by atoms with Crippen molar-refractivity contribution in [2.45, 2.75) is 96.0 Å². The smallest absolute Gasteiger partial charge is 0.416 e. The summed E-state index contributed by atoms with van der Waals surface area (Å²) < 4.78 is 11.5. The summed E-state index contributed by atoms with van der Waals surface area (Å²) in [5, 5.41) is 20.3. The molecule has 39 heavy (non-hydrogen) atoms. The number of unbranched alkanes of at least 4 members (excludes halogenated alkanes) is 7. The number of amides is 2. The highest BCUT2D eigenvalue weighted by Gasteiger charge is 2.50. The summed E-state index contributed by atoms with van der Waals surface area (Å²) >= 11 is 3.33.